The number of aliphatic hydroxyl groups is 2. The molecule has 0 aromatic heterocycles. The monoisotopic (exact) mass is 224 g/mol. The van der Waals surface area contributed by atoms with Crippen LogP contribution in [0, 0.1) is 0 Å². The zero-order valence-corrected chi connectivity index (χ0v) is 9.34. The molecular weight excluding hydrogens is 204 g/mol. The van der Waals surface area contributed by atoms with Gasteiger partial charge in [-0.2, -0.15) is 0 Å². The van der Waals surface area contributed by atoms with Crippen molar-refractivity contribution in [2.75, 3.05) is 13.2 Å². The van der Waals surface area contributed by atoms with Crippen molar-refractivity contribution >= 4 is 0 Å². The van der Waals surface area contributed by atoms with Crippen LogP contribution in [0.3, 0.4) is 0 Å². The predicted molar refractivity (Wildman–Crippen MR) is 64.0 cm³/mol. The molecule has 0 fully saturated rings. The first-order valence-corrected chi connectivity index (χ1v) is 5.46. The van der Waals surface area contributed by atoms with Crippen molar-refractivity contribution < 1.29 is 10.2 Å². The van der Waals surface area contributed by atoms with Gasteiger partial charge in [0.15, 0.2) is 0 Å². The topological polar surface area (TPSA) is 92.5 Å². The maximum atomic E-state index is 8.87. The highest BCUT2D eigenvalue weighted by molar-refractivity contribution is 5.25. The minimum Gasteiger partial charge on any atom is -0.395 e. The molecule has 4 heteroatoms. The van der Waals surface area contributed by atoms with E-state index < -0.39 is 0 Å². The van der Waals surface area contributed by atoms with Crippen molar-refractivity contribution in [3.63, 3.8) is 0 Å². The lowest BCUT2D eigenvalue weighted by Gasteiger charge is -2.11. The summed E-state index contributed by atoms with van der Waals surface area (Å²) >= 11 is 0. The molecule has 2 atom stereocenters. The van der Waals surface area contributed by atoms with E-state index in [-0.39, 0.29) is 25.3 Å². The van der Waals surface area contributed by atoms with Crippen LogP contribution >= 0.6 is 0 Å². The minimum atomic E-state index is -0.221. The van der Waals surface area contributed by atoms with Crippen molar-refractivity contribution in [3.05, 3.63) is 35.4 Å². The smallest absolute Gasteiger partial charge is 0.0585 e. The fraction of sp³-hybridized carbons (Fsp3) is 0.500. The third-order valence-electron chi connectivity index (χ3n) is 2.46. The van der Waals surface area contributed by atoms with E-state index in [4.69, 9.17) is 21.7 Å². The summed E-state index contributed by atoms with van der Waals surface area (Å²) in [4.78, 5) is 0. The second-order valence-corrected chi connectivity index (χ2v) is 4.11. The first-order chi connectivity index (χ1) is 7.65. The van der Waals surface area contributed by atoms with E-state index in [1.807, 2.05) is 24.3 Å². The van der Waals surface area contributed by atoms with Crippen molar-refractivity contribution in [2.45, 2.75) is 24.9 Å². The Balaban J connectivity index is 2.63. The van der Waals surface area contributed by atoms with Gasteiger partial charge in [-0.1, -0.05) is 24.3 Å². The summed E-state index contributed by atoms with van der Waals surface area (Å²) in [5, 5.41) is 17.7. The van der Waals surface area contributed by atoms with Gasteiger partial charge in [0.05, 0.1) is 13.2 Å². The maximum Gasteiger partial charge on any atom is 0.0585 e. The molecule has 0 aliphatic carbocycles. The minimum absolute atomic E-state index is 0.0135. The third kappa shape index (κ3) is 4.28. The summed E-state index contributed by atoms with van der Waals surface area (Å²) in [5.41, 5.74) is 13.5. The van der Waals surface area contributed by atoms with E-state index in [0.717, 1.165) is 11.1 Å². The molecule has 1 aromatic carbocycles. The van der Waals surface area contributed by atoms with Gasteiger partial charge in [-0.25, -0.2) is 0 Å². The number of hydrogen-bond donors (Lipinski definition) is 4. The summed E-state index contributed by atoms with van der Waals surface area (Å²) in [5.74, 6) is 0. The summed E-state index contributed by atoms with van der Waals surface area (Å²) in [6, 6.07) is 7.47. The molecular formula is C12H20N2O2. The highest BCUT2D eigenvalue weighted by Crippen LogP contribution is 2.09. The van der Waals surface area contributed by atoms with Gasteiger partial charge in [-0.05, 0) is 24.0 Å². The zero-order chi connectivity index (χ0) is 12.0. The summed E-state index contributed by atoms with van der Waals surface area (Å²) in [6.45, 7) is -0.0270. The number of aliphatic hydroxyl groups excluding tert-OH is 2. The van der Waals surface area contributed by atoms with Gasteiger partial charge in [0.25, 0.3) is 0 Å². The Morgan fingerprint density at radius 3 is 1.75 bits per heavy atom. The standard InChI is InChI=1S/C12H20N2O2/c13-11(7-15)5-9-2-1-3-10(4-9)6-12(14)8-16/h1-4,11-12,15-16H,5-8,13-14H2/t11-,12+. The Labute approximate surface area is 95.9 Å². The lowest BCUT2D eigenvalue weighted by atomic mass is 10.0. The van der Waals surface area contributed by atoms with E-state index in [0.29, 0.717) is 12.8 Å². The van der Waals surface area contributed by atoms with Crippen molar-refractivity contribution in [3.8, 4) is 0 Å². The highest BCUT2D eigenvalue weighted by Gasteiger charge is 2.05. The maximum absolute atomic E-state index is 8.87. The first kappa shape index (κ1) is 13.1. The fourth-order valence-corrected chi connectivity index (χ4v) is 1.62. The van der Waals surface area contributed by atoms with Crippen LogP contribution in [0.25, 0.3) is 0 Å². The van der Waals surface area contributed by atoms with Gasteiger partial charge in [0, 0.05) is 12.1 Å². The van der Waals surface area contributed by atoms with Crippen molar-refractivity contribution in [1.29, 1.82) is 0 Å². The first-order valence-electron chi connectivity index (χ1n) is 5.46. The summed E-state index contributed by atoms with van der Waals surface area (Å²) in [6.07, 6.45) is 1.30. The Kier molecular flexibility index (Phi) is 5.42. The van der Waals surface area contributed by atoms with E-state index >= 15 is 0 Å². The normalized spacial score (nSPS) is 14.8. The average molecular weight is 224 g/mol. The lowest BCUT2D eigenvalue weighted by Crippen LogP contribution is -2.28. The molecule has 0 saturated heterocycles. The van der Waals surface area contributed by atoms with Gasteiger partial charge >= 0.3 is 0 Å². The molecule has 4 nitrogen and oxygen atoms in total. The quantitative estimate of drug-likeness (QED) is 0.520. The van der Waals surface area contributed by atoms with Gasteiger partial charge in [0.2, 0.25) is 0 Å². The van der Waals surface area contributed by atoms with Crippen LogP contribution in [0.2, 0.25) is 0 Å². The van der Waals surface area contributed by atoms with Crippen LogP contribution in [-0.2, 0) is 12.8 Å². The largest absolute Gasteiger partial charge is 0.395 e. The Morgan fingerprint density at radius 1 is 0.938 bits per heavy atom. The molecule has 1 aromatic rings. The second-order valence-electron chi connectivity index (χ2n) is 4.11. The molecule has 0 radical (unpaired) electrons. The molecule has 0 aliphatic heterocycles. The molecule has 0 unspecified atom stereocenters. The molecule has 0 heterocycles. The van der Waals surface area contributed by atoms with Gasteiger partial charge < -0.3 is 21.7 Å². The SMILES string of the molecule is N[C@H](CO)Cc1cccc(C[C@@H](N)CO)c1. The van der Waals surface area contributed by atoms with Gasteiger partial charge in [-0.15, -0.1) is 0 Å². The summed E-state index contributed by atoms with van der Waals surface area (Å²) < 4.78 is 0. The Morgan fingerprint density at radius 2 is 1.38 bits per heavy atom. The molecule has 16 heavy (non-hydrogen) atoms. The fourth-order valence-electron chi connectivity index (χ4n) is 1.62. The van der Waals surface area contributed by atoms with E-state index in [1.165, 1.54) is 0 Å². The van der Waals surface area contributed by atoms with Crippen LogP contribution in [0.1, 0.15) is 11.1 Å². The predicted octanol–water partition coefficient (Wildman–Crippen LogP) is -0.589. The molecule has 0 aliphatic rings. The van der Waals surface area contributed by atoms with Crippen molar-refractivity contribution in [2.24, 2.45) is 11.5 Å². The van der Waals surface area contributed by atoms with Crippen LogP contribution in [0.4, 0.5) is 0 Å². The van der Waals surface area contributed by atoms with Gasteiger partial charge in [-0.3, -0.25) is 0 Å². The van der Waals surface area contributed by atoms with E-state index in [2.05, 4.69) is 0 Å². The number of nitrogens with two attached hydrogens (primary N) is 2. The van der Waals surface area contributed by atoms with E-state index in [1.54, 1.807) is 0 Å². The second kappa shape index (κ2) is 6.60. The van der Waals surface area contributed by atoms with Crippen molar-refractivity contribution in [1.82, 2.24) is 0 Å². The summed E-state index contributed by atoms with van der Waals surface area (Å²) in [7, 11) is 0. The molecule has 0 bridgehead atoms. The molecule has 0 amide bonds. The number of hydrogen-bond acceptors (Lipinski definition) is 4. The van der Waals surface area contributed by atoms with Crippen LogP contribution in [0.15, 0.2) is 24.3 Å². The third-order valence-corrected chi connectivity index (χ3v) is 2.46. The van der Waals surface area contributed by atoms with Crippen LogP contribution < -0.4 is 11.5 Å². The highest BCUT2D eigenvalue weighted by atomic mass is 16.3. The molecule has 0 saturated carbocycles. The van der Waals surface area contributed by atoms with Gasteiger partial charge in [0.1, 0.15) is 0 Å². The van der Waals surface area contributed by atoms with Crippen LogP contribution in [-0.4, -0.2) is 35.5 Å². The average Bonchev–Trinajstić information content (AvgIpc) is 2.29. The molecule has 0 spiro atoms. The number of rotatable bonds is 6. The molecule has 6 N–H and O–H groups in total. The van der Waals surface area contributed by atoms with Crippen LogP contribution in [0.5, 0.6) is 0 Å². The molecule has 90 valence electrons. The lowest BCUT2D eigenvalue weighted by molar-refractivity contribution is 0.264. The molecule has 1 rings (SSSR count). The Bertz CT molecular complexity index is 290. The number of benzene rings is 1. The Hall–Kier alpha value is -0.940. The zero-order valence-electron chi connectivity index (χ0n) is 9.34. The van der Waals surface area contributed by atoms with E-state index in [9.17, 15) is 0 Å².